The third-order valence-corrected chi connectivity index (χ3v) is 3.72. The zero-order valence-corrected chi connectivity index (χ0v) is 12.0. The molecule has 2 heterocycles. The summed E-state index contributed by atoms with van der Waals surface area (Å²) in [5, 5.41) is 0.274. The molecule has 3 nitrogen and oxygen atoms in total. The molecule has 1 saturated heterocycles. The number of aromatic nitrogens is 1. The quantitative estimate of drug-likeness (QED) is 0.744. The Morgan fingerprint density at radius 1 is 1.65 bits per heavy atom. The van der Waals surface area contributed by atoms with Gasteiger partial charge in [-0.1, -0.05) is 18.5 Å². The second-order valence-electron chi connectivity index (χ2n) is 4.49. The Hall–Kier alpha value is -0.610. The van der Waals surface area contributed by atoms with Crippen molar-refractivity contribution in [1.82, 2.24) is 9.88 Å². The van der Waals surface area contributed by atoms with Crippen LogP contribution >= 0.6 is 27.5 Å². The summed E-state index contributed by atoms with van der Waals surface area (Å²) < 4.78 is 0.773. The van der Waals surface area contributed by atoms with Crippen molar-refractivity contribution in [2.24, 2.45) is 5.92 Å². The third-order valence-electron chi connectivity index (χ3n) is 2.98. The molecule has 1 aromatic heterocycles. The molecule has 1 aromatic rings. The molecule has 0 aromatic carbocycles. The van der Waals surface area contributed by atoms with Gasteiger partial charge in [0.2, 0.25) is 0 Å². The summed E-state index contributed by atoms with van der Waals surface area (Å²) in [4.78, 5) is 18.1. The third kappa shape index (κ3) is 2.99. The van der Waals surface area contributed by atoms with Crippen molar-refractivity contribution >= 4 is 33.4 Å². The minimum Gasteiger partial charge on any atom is -0.338 e. The molecule has 1 atom stereocenters. The molecule has 0 saturated carbocycles. The molecule has 0 bridgehead atoms. The molecular formula is C12H14BrClN2O. The van der Waals surface area contributed by atoms with Gasteiger partial charge in [0.05, 0.1) is 5.56 Å². The molecule has 92 valence electrons. The number of piperidine rings is 1. The number of rotatable bonds is 1. The van der Waals surface area contributed by atoms with E-state index in [4.69, 9.17) is 11.6 Å². The van der Waals surface area contributed by atoms with Gasteiger partial charge >= 0.3 is 0 Å². The Morgan fingerprint density at radius 2 is 2.41 bits per heavy atom. The molecule has 5 heteroatoms. The van der Waals surface area contributed by atoms with Crippen molar-refractivity contribution in [2.75, 3.05) is 13.1 Å². The number of carbonyl (C=O) groups excluding carboxylic acids is 1. The predicted molar refractivity (Wildman–Crippen MR) is 71.2 cm³/mol. The molecule has 0 radical (unpaired) electrons. The van der Waals surface area contributed by atoms with Crippen molar-refractivity contribution in [1.29, 1.82) is 0 Å². The van der Waals surface area contributed by atoms with Crippen LogP contribution in [-0.4, -0.2) is 28.9 Å². The molecular weight excluding hydrogens is 304 g/mol. The van der Waals surface area contributed by atoms with Crippen molar-refractivity contribution in [3.8, 4) is 0 Å². The van der Waals surface area contributed by atoms with Crippen LogP contribution in [0.5, 0.6) is 0 Å². The predicted octanol–water partition coefficient (Wildman–Crippen LogP) is 3.37. The van der Waals surface area contributed by atoms with E-state index in [1.165, 1.54) is 6.42 Å². The SMILES string of the molecule is C[C@H]1CCCN(C(=O)c2cc(Br)cnc2Cl)C1. The maximum absolute atomic E-state index is 12.3. The van der Waals surface area contributed by atoms with E-state index in [1.54, 1.807) is 12.3 Å². The van der Waals surface area contributed by atoms with E-state index in [0.29, 0.717) is 11.5 Å². The first kappa shape index (κ1) is 12.8. The molecule has 0 unspecified atom stereocenters. The summed E-state index contributed by atoms with van der Waals surface area (Å²) in [7, 11) is 0. The van der Waals surface area contributed by atoms with Crippen LogP contribution in [0.4, 0.5) is 0 Å². The van der Waals surface area contributed by atoms with Gasteiger partial charge in [0, 0.05) is 23.8 Å². The van der Waals surface area contributed by atoms with Crippen LogP contribution < -0.4 is 0 Å². The minimum atomic E-state index is -0.0182. The fourth-order valence-corrected chi connectivity index (χ4v) is 2.63. The number of hydrogen-bond donors (Lipinski definition) is 0. The van der Waals surface area contributed by atoms with Crippen LogP contribution in [-0.2, 0) is 0 Å². The van der Waals surface area contributed by atoms with E-state index in [0.717, 1.165) is 24.0 Å². The second kappa shape index (κ2) is 5.36. The van der Waals surface area contributed by atoms with E-state index in [-0.39, 0.29) is 11.1 Å². The van der Waals surface area contributed by atoms with Gasteiger partial charge in [-0.05, 0) is 40.8 Å². The van der Waals surface area contributed by atoms with Gasteiger partial charge in [-0.3, -0.25) is 4.79 Å². The molecule has 1 fully saturated rings. The Balaban J connectivity index is 2.21. The van der Waals surface area contributed by atoms with Gasteiger partial charge in [0.25, 0.3) is 5.91 Å². The van der Waals surface area contributed by atoms with Gasteiger partial charge in [-0.2, -0.15) is 0 Å². The standard InChI is InChI=1S/C12H14BrClN2O/c1-8-3-2-4-16(7-8)12(17)10-5-9(13)6-15-11(10)14/h5-6,8H,2-4,7H2,1H3/t8-/m0/s1. The Bertz CT molecular complexity index is 439. The molecule has 17 heavy (non-hydrogen) atoms. The number of likely N-dealkylation sites (tertiary alicyclic amines) is 1. The van der Waals surface area contributed by atoms with Crippen LogP contribution in [0, 0.1) is 5.92 Å². The highest BCUT2D eigenvalue weighted by molar-refractivity contribution is 9.10. The molecule has 1 aliphatic rings. The average molecular weight is 318 g/mol. The number of halogens is 2. The molecule has 1 aliphatic heterocycles. The minimum absolute atomic E-state index is 0.0182. The lowest BCUT2D eigenvalue weighted by Crippen LogP contribution is -2.39. The summed E-state index contributed by atoms with van der Waals surface area (Å²) in [6.07, 6.45) is 3.85. The first-order valence-electron chi connectivity index (χ1n) is 5.68. The smallest absolute Gasteiger partial charge is 0.257 e. The summed E-state index contributed by atoms with van der Waals surface area (Å²) in [6.45, 7) is 3.79. The Kier molecular flexibility index (Phi) is 4.05. The first-order chi connectivity index (χ1) is 8.08. The van der Waals surface area contributed by atoms with Crippen LogP contribution in [0.15, 0.2) is 16.7 Å². The number of carbonyl (C=O) groups is 1. The van der Waals surface area contributed by atoms with E-state index in [9.17, 15) is 4.79 Å². The highest BCUT2D eigenvalue weighted by Crippen LogP contribution is 2.23. The average Bonchev–Trinajstić information content (AvgIpc) is 2.31. The van der Waals surface area contributed by atoms with Gasteiger partial charge in [0.1, 0.15) is 5.15 Å². The van der Waals surface area contributed by atoms with Crippen LogP contribution in [0.3, 0.4) is 0 Å². The highest BCUT2D eigenvalue weighted by atomic mass is 79.9. The van der Waals surface area contributed by atoms with Crippen LogP contribution in [0.2, 0.25) is 5.15 Å². The Morgan fingerprint density at radius 3 is 3.12 bits per heavy atom. The zero-order chi connectivity index (χ0) is 12.4. The maximum Gasteiger partial charge on any atom is 0.257 e. The number of amides is 1. The van der Waals surface area contributed by atoms with Crippen molar-refractivity contribution < 1.29 is 4.79 Å². The fraction of sp³-hybridized carbons (Fsp3) is 0.500. The van der Waals surface area contributed by atoms with Crippen molar-refractivity contribution in [3.63, 3.8) is 0 Å². The van der Waals surface area contributed by atoms with Gasteiger partial charge in [-0.25, -0.2) is 4.98 Å². The largest absolute Gasteiger partial charge is 0.338 e. The van der Waals surface area contributed by atoms with E-state index < -0.39 is 0 Å². The lowest BCUT2D eigenvalue weighted by molar-refractivity contribution is 0.0682. The molecule has 2 rings (SSSR count). The molecule has 0 N–H and O–H groups in total. The van der Waals surface area contributed by atoms with Gasteiger partial charge in [0.15, 0.2) is 0 Å². The molecule has 0 aliphatic carbocycles. The van der Waals surface area contributed by atoms with Gasteiger partial charge < -0.3 is 4.90 Å². The summed E-state index contributed by atoms with van der Waals surface area (Å²) in [5.74, 6) is 0.543. The second-order valence-corrected chi connectivity index (χ2v) is 5.76. The highest BCUT2D eigenvalue weighted by Gasteiger charge is 2.24. The van der Waals surface area contributed by atoms with E-state index in [2.05, 4.69) is 27.8 Å². The van der Waals surface area contributed by atoms with E-state index >= 15 is 0 Å². The topological polar surface area (TPSA) is 33.2 Å². The number of pyridine rings is 1. The summed E-state index contributed by atoms with van der Waals surface area (Å²) in [6, 6.07) is 1.73. The fourth-order valence-electron chi connectivity index (χ4n) is 2.12. The van der Waals surface area contributed by atoms with Crippen LogP contribution in [0.25, 0.3) is 0 Å². The molecule has 1 amide bonds. The number of hydrogen-bond acceptors (Lipinski definition) is 2. The number of nitrogens with zero attached hydrogens (tertiary/aromatic N) is 2. The monoisotopic (exact) mass is 316 g/mol. The van der Waals surface area contributed by atoms with Crippen molar-refractivity contribution in [3.05, 3.63) is 27.5 Å². The molecule has 0 spiro atoms. The normalized spacial score (nSPS) is 20.4. The lowest BCUT2D eigenvalue weighted by Gasteiger charge is -2.31. The lowest BCUT2D eigenvalue weighted by atomic mass is 10.00. The van der Waals surface area contributed by atoms with Gasteiger partial charge in [-0.15, -0.1) is 0 Å². The first-order valence-corrected chi connectivity index (χ1v) is 6.85. The summed E-state index contributed by atoms with van der Waals surface area (Å²) >= 11 is 9.28. The summed E-state index contributed by atoms with van der Waals surface area (Å²) in [5.41, 5.74) is 0.482. The zero-order valence-electron chi connectivity index (χ0n) is 9.62. The van der Waals surface area contributed by atoms with Crippen molar-refractivity contribution in [2.45, 2.75) is 19.8 Å². The Labute approximate surface area is 114 Å². The maximum atomic E-state index is 12.3. The van der Waals surface area contributed by atoms with E-state index in [1.807, 2.05) is 4.90 Å². The van der Waals surface area contributed by atoms with Crippen LogP contribution in [0.1, 0.15) is 30.1 Å².